The van der Waals surface area contributed by atoms with Crippen molar-refractivity contribution in [3.63, 3.8) is 0 Å². The molecule has 0 aliphatic carbocycles. The fraction of sp³-hybridized carbons (Fsp3) is 0.217. The van der Waals surface area contributed by atoms with Gasteiger partial charge in [0.05, 0.1) is 19.8 Å². The lowest BCUT2D eigenvalue weighted by atomic mass is 10.1. The lowest BCUT2D eigenvalue weighted by molar-refractivity contribution is 0.107. The number of pyridine rings is 1. The van der Waals surface area contributed by atoms with Crippen LogP contribution in [0.25, 0.3) is 0 Å². The zero-order chi connectivity index (χ0) is 19.4. The van der Waals surface area contributed by atoms with Crippen LogP contribution in [0.15, 0.2) is 84.0 Å². The monoisotopic (exact) mass is 374 g/mol. The average Bonchev–Trinajstić information content (AvgIpc) is 2.75. The van der Waals surface area contributed by atoms with E-state index in [0.29, 0.717) is 32.3 Å². The van der Waals surface area contributed by atoms with Crippen LogP contribution in [-0.2, 0) is 30.9 Å². The van der Waals surface area contributed by atoms with Crippen LogP contribution in [0.2, 0.25) is 0 Å². The Balaban J connectivity index is 1.37. The molecule has 0 amide bonds. The van der Waals surface area contributed by atoms with Crippen LogP contribution < -0.4 is 11.1 Å². The first-order valence-electron chi connectivity index (χ1n) is 9.43. The van der Waals surface area contributed by atoms with E-state index in [2.05, 4.69) is 51.7 Å². The Morgan fingerprint density at radius 3 is 2.25 bits per heavy atom. The minimum absolute atomic E-state index is 0.450. The van der Waals surface area contributed by atoms with Crippen molar-refractivity contribution in [1.29, 1.82) is 0 Å². The molecule has 5 nitrogen and oxygen atoms in total. The first-order chi connectivity index (χ1) is 13.8. The maximum Gasteiger partial charge on any atom is 0.188 e. The third-order valence-electron chi connectivity index (χ3n) is 4.25. The topological polar surface area (TPSA) is 72.5 Å². The largest absolute Gasteiger partial charge is 0.372 e. The number of hydrogen-bond acceptors (Lipinski definition) is 3. The Bertz CT molecular complexity index is 849. The van der Waals surface area contributed by atoms with Crippen molar-refractivity contribution < 1.29 is 4.74 Å². The van der Waals surface area contributed by atoms with Gasteiger partial charge in [0.15, 0.2) is 5.96 Å². The van der Waals surface area contributed by atoms with Crippen molar-refractivity contribution in [3.05, 3.63) is 101 Å². The molecule has 3 aromatic rings. The Kier molecular flexibility index (Phi) is 7.58. The van der Waals surface area contributed by atoms with Gasteiger partial charge in [-0.15, -0.1) is 0 Å². The van der Waals surface area contributed by atoms with E-state index < -0.39 is 0 Å². The number of hydrogen-bond donors (Lipinski definition) is 2. The molecule has 144 valence electrons. The summed E-state index contributed by atoms with van der Waals surface area (Å²) in [6, 6.07) is 24.3. The van der Waals surface area contributed by atoms with E-state index in [9.17, 15) is 0 Å². The summed E-state index contributed by atoms with van der Waals surface area (Å²) in [6.07, 6.45) is 2.61. The Morgan fingerprint density at radius 1 is 0.857 bits per heavy atom. The third kappa shape index (κ3) is 6.85. The number of nitrogens with zero attached hydrogens (tertiary/aromatic N) is 2. The summed E-state index contributed by atoms with van der Waals surface area (Å²) in [5, 5.41) is 3.12. The van der Waals surface area contributed by atoms with Gasteiger partial charge in [0.2, 0.25) is 0 Å². The second kappa shape index (κ2) is 10.8. The standard InChI is InChI=1S/C23H26N4O/c24-23(26-15-13-22-8-4-5-14-25-22)27-16-19-9-11-21(12-10-19)18-28-17-20-6-2-1-3-7-20/h1-12,14H,13,15-18H2,(H3,24,26,27). The zero-order valence-electron chi connectivity index (χ0n) is 15.9. The van der Waals surface area contributed by atoms with Crippen LogP contribution in [0.3, 0.4) is 0 Å². The average molecular weight is 374 g/mol. The van der Waals surface area contributed by atoms with Gasteiger partial charge in [-0.1, -0.05) is 60.7 Å². The molecule has 5 heteroatoms. The summed E-state index contributed by atoms with van der Waals surface area (Å²) in [5.41, 5.74) is 10.4. The maximum absolute atomic E-state index is 5.94. The normalized spacial score (nSPS) is 11.4. The van der Waals surface area contributed by atoms with Gasteiger partial charge < -0.3 is 15.8 Å². The summed E-state index contributed by atoms with van der Waals surface area (Å²) in [5.74, 6) is 0.450. The number of rotatable bonds is 9. The minimum Gasteiger partial charge on any atom is -0.372 e. The summed E-state index contributed by atoms with van der Waals surface area (Å²) in [6.45, 7) is 2.47. The molecular weight excluding hydrogens is 348 g/mol. The number of guanidine groups is 1. The SMILES string of the molecule is NC(=NCc1ccc(COCc2ccccc2)cc1)NCCc1ccccn1. The third-order valence-corrected chi connectivity index (χ3v) is 4.25. The van der Waals surface area contributed by atoms with Crippen molar-refractivity contribution >= 4 is 5.96 Å². The second-order valence-electron chi connectivity index (χ2n) is 6.49. The lowest BCUT2D eigenvalue weighted by Crippen LogP contribution is -2.33. The van der Waals surface area contributed by atoms with Crippen LogP contribution in [-0.4, -0.2) is 17.5 Å². The Hall–Kier alpha value is -3.18. The predicted molar refractivity (Wildman–Crippen MR) is 113 cm³/mol. The van der Waals surface area contributed by atoms with Crippen LogP contribution in [0.5, 0.6) is 0 Å². The highest BCUT2D eigenvalue weighted by Crippen LogP contribution is 2.09. The van der Waals surface area contributed by atoms with Gasteiger partial charge in [-0.3, -0.25) is 4.98 Å². The summed E-state index contributed by atoms with van der Waals surface area (Å²) in [4.78, 5) is 8.67. The van der Waals surface area contributed by atoms with E-state index in [1.807, 2.05) is 36.4 Å². The first-order valence-corrected chi connectivity index (χ1v) is 9.43. The second-order valence-corrected chi connectivity index (χ2v) is 6.49. The first kappa shape index (κ1) is 19.6. The molecular formula is C23H26N4O. The highest BCUT2D eigenvalue weighted by molar-refractivity contribution is 5.77. The quantitative estimate of drug-likeness (QED) is 0.444. The van der Waals surface area contributed by atoms with Gasteiger partial charge in [-0.25, -0.2) is 4.99 Å². The number of ether oxygens (including phenoxy) is 1. The zero-order valence-corrected chi connectivity index (χ0v) is 15.9. The van der Waals surface area contributed by atoms with Gasteiger partial charge >= 0.3 is 0 Å². The molecule has 0 unspecified atom stereocenters. The van der Waals surface area contributed by atoms with Crippen LogP contribution in [0, 0.1) is 0 Å². The van der Waals surface area contributed by atoms with Gasteiger partial charge in [0, 0.05) is 24.9 Å². The van der Waals surface area contributed by atoms with Gasteiger partial charge in [0.25, 0.3) is 0 Å². The van der Waals surface area contributed by atoms with E-state index >= 15 is 0 Å². The summed E-state index contributed by atoms with van der Waals surface area (Å²) in [7, 11) is 0. The number of aliphatic imine (C=N–C) groups is 1. The molecule has 3 rings (SSSR count). The van der Waals surface area contributed by atoms with E-state index in [1.54, 1.807) is 6.20 Å². The van der Waals surface area contributed by atoms with Crippen LogP contribution in [0.4, 0.5) is 0 Å². The van der Waals surface area contributed by atoms with Crippen molar-refractivity contribution in [1.82, 2.24) is 10.3 Å². The lowest BCUT2D eigenvalue weighted by Gasteiger charge is -2.07. The minimum atomic E-state index is 0.450. The summed E-state index contributed by atoms with van der Waals surface area (Å²) >= 11 is 0. The fourth-order valence-corrected chi connectivity index (χ4v) is 2.70. The Labute approximate surface area is 166 Å². The van der Waals surface area contributed by atoms with Crippen LogP contribution in [0.1, 0.15) is 22.4 Å². The fourth-order valence-electron chi connectivity index (χ4n) is 2.70. The molecule has 0 saturated carbocycles. The predicted octanol–water partition coefficient (Wildman–Crippen LogP) is 3.45. The molecule has 0 radical (unpaired) electrons. The van der Waals surface area contributed by atoms with Crippen molar-refractivity contribution in [3.8, 4) is 0 Å². The Morgan fingerprint density at radius 2 is 1.54 bits per heavy atom. The molecule has 0 saturated heterocycles. The highest BCUT2D eigenvalue weighted by Gasteiger charge is 1.98. The van der Waals surface area contributed by atoms with Gasteiger partial charge in [-0.05, 0) is 28.8 Å². The van der Waals surface area contributed by atoms with Crippen LogP contribution >= 0.6 is 0 Å². The van der Waals surface area contributed by atoms with E-state index in [-0.39, 0.29) is 0 Å². The summed E-state index contributed by atoms with van der Waals surface area (Å²) < 4.78 is 5.76. The number of nitrogens with one attached hydrogen (secondary N) is 1. The molecule has 3 N–H and O–H groups in total. The molecule has 0 atom stereocenters. The van der Waals surface area contributed by atoms with E-state index in [4.69, 9.17) is 10.5 Å². The van der Waals surface area contributed by atoms with Crippen molar-refractivity contribution in [2.75, 3.05) is 6.54 Å². The van der Waals surface area contributed by atoms with Crippen molar-refractivity contribution in [2.45, 2.75) is 26.2 Å². The number of benzene rings is 2. The molecule has 1 aromatic heterocycles. The van der Waals surface area contributed by atoms with E-state index in [0.717, 1.165) is 23.2 Å². The van der Waals surface area contributed by atoms with E-state index in [1.165, 1.54) is 5.56 Å². The molecule has 0 spiro atoms. The number of aromatic nitrogens is 1. The molecule has 0 bridgehead atoms. The van der Waals surface area contributed by atoms with Gasteiger partial charge in [0.1, 0.15) is 0 Å². The molecule has 2 aromatic carbocycles. The maximum atomic E-state index is 5.94. The molecule has 0 aliphatic heterocycles. The molecule has 1 heterocycles. The van der Waals surface area contributed by atoms with Crippen molar-refractivity contribution in [2.24, 2.45) is 10.7 Å². The molecule has 28 heavy (non-hydrogen) atoms. The number of nitrogens with two attached hydrogens (primary N) is 1. The molecule has 0 fully saturated rings. The van der Waals surface area contributed by atoms with Gasteiger partial charge in [-0.2, -0.15) is 0 Å². The highest BCUT2D eigenvalue weighted by atomic mass is 16.5. The smallest absolute Gasteiger partial charge is 0.188 e. The molecule has 0 aliphatic rings.